The Kier molecular flexibility index (Phi) is 6.13. The molecule has 1 saturated carbocycles. The van der Waals surface area contributed by atoms with Crippen LogP contribution in [0.2, 0.25) is 0 Å². The molecule has 1 amide bonds. The average molecular weight is 429 g/mol. The van der Waals surface area contributed by atoms with Crippen molar-refractivity contribution >= 4 is 5.91 Å². The number of carbonyl (C=O) groups excluding carboxylic acids is 1. The number of rotatable bonds is 5. The second-order valence-corrected chi connectivity index (χ2v) is 8.81. The summed E-state index contributed by atoms with van der Waals surface area (Å²) in [6, 6.07) is 10.3. The predicted octanol–water partition coefficient (Wildman–Crippen LogP) is 5.34. The average Bonchev–Trinajstić information content (AvgIpc) is 2.73. The Morgan fingerprint density at radius 3 is 2.42 bits per heavy atom. The van der Waals surface area contributed by atoms with E-state index in [-0.39, 0.29) is 43.8 Å². The van der Waals surface area contributed by atoms with Crippen LogP contribution in [0.1, 0.15) is 72.3 Å². The van der Waals surface area contributed by atoms with Crippen molar-refractivity contribution in [3.05, 3.63) is 64.5 Å². The van der Waals surface area contributed by atoms with Crippen LogP contribution in [0.15, 0.2) is 36.5 Å². The molecule has 1 aromatic heterocycles. The fourth-order valence-electron chi connectivity index (χ4n) is 4.07. The zero-order valence-corrected chi connectivity index (χ0v) is 17.9. The molecular weight excluding hydrogens is 403 g/mol. The fourth-order valence-corrected chi connectivity index (χ4v) is 4.07. The van der Waals surface area contributed by atoms with Crippen molar-refractivity contribution in [1.82, 2.24) is 10.3 Å². The predicted molar refractivity (Wildman–Crippen MR) is 112 cm³/mol. The number of aromatic nitrogens is 1. The Hall–Kier alpha value is -2.88. The summed E-state index contributed by atoms with van der Waals surface area (Å²) in [6.45, 7) is 4.66. The Balaban J connectivity index is 1.87. The molecule has 1 fully saturated rings. The summed E-state index contributed by atoms with van der Waals surface area (Å²) >= 11 is 0. The van der Waals surface area contributed by atoms with Gasteiger partial charge in [0.15, 0.2) is 0 Å². The molecule has 1 heterocycles. The van der Waals surface area contributed by atoms with Crippen LogP contribution in [0.4, 0.5) is 13.2 Å². The van der Waals surface area contributed by atoms with Gasteiger partial charge in [0.1, 0.15) is 5.67 Å². The standard InChI is InChI=1S/C24H26F3N3O/c1-16-17(13-28)5-4-6-19(16)21(31)30-15-23(9-11-24(26,27)12-10-23)18-7-8-20(29-14-18)22(2,3)25/h4-8,14H,9-12,15H2,1-3H3,(H,30,31). The maximum Gasteiger partial charge on any atom is 0.251 e. The van der Waals surface area contributed by atoms with Gasteiger partial charge in [0.05, 0.1) is 17.3 Å². The van der Waals surface area contributed by atoms with Crippen LogP contribution in [0.25, 0.3) is 0 Å². The summed E-state index contributed by atoms with van der Waals surface area (Å²) in [5.41, 5.74) is 0.00544. The number of amides is 1. The second kappa shape index (κ2) is 8.33. The first-order valence-corrected chi connectivity index (χ1v) is 10.3. The van der Waals surface area contributed by atoms with Gasteiger partial charge in [-0.3, -0.25) is 9.78 Å². The van der Waals surface area contributed by atoms with Gasteiger partial charge in [-0.15, -0.1) is 0 Å². The van der Waals surface area contributed by atoms with Crippen LogP contribution in [-0.4, -0.2) is 23.4 Å². The van der Waals surface area contributed by atoms with E-state index in [2.05, 4.69) is 16.4 Å². The summed E-state index contributed by atoms with van der Waals surface area (Å²) < 4.78 is 42.0. The third-order valence-corrected chi connectivity index (χ3v) is 6.21. The van der Waals surface area contributed by atoms with Crippen molar-refractivity contribution < 1.29 is 18.0 Å². The third kappa shape index (κ3) is 4.90. The van der Waals surface area contributed by atoms with E-state index < -0.39 is 17.0 Å². The number of pyridine rings is 1. The fraction of sp³-hybridized carbons (Fsp3) is 0.458. The van der Waals surface area contributed by atoms with Crippen molar-refractivity contribution in [2.45, 2.75) is 63.5 Å². The molecule has 0 atom stereocenters. The highest BCUT2D eigenvalue weighted by atomic mass is 19.3. The lowest BCUT2D eigenvalue weighted by molar-refractivity contribution is -0.0516. The van der Waals surface area contributed by atoms with Crippen LogP contribution in [0.5, 0.6) is 0 Å². The number of hydrogen-bond donors (Lipinski definition) is 1. The van der Waals surface area contributed by atoms with Gasteiger partial charge in [-0.2, -0.15) is 5.26 Å². The van der Waals surface area contributed by atoms with Gasteiger partial charge in [0.25, 0.3) is 5.91 Å². The van der Waals surface area contributed by atoms with Gasteiger partial charge in [-0.25, -0.2) is 13.2 Å². The number of hydrogen-bond acceptors (Lipinski definition) is 3. The van der Waals surface area contributed by atoms with Gasteiger partial charge in [-0.05, 0) is 62.9 Å². The molecule has 0 aliphatic heterocycles. The Morgan fingerprint density at radius 2 is 1.87 bits per heavy atom. The molecule has 7 heteroatoms. The SMILES string of the molecule is Cc1c(C#N)cccc1C(=O)NCC1(c2ccc(C(C)(C)F)nc2)CCC(F)(F)CC1. The molecule has 0 radical (unpaired) electrons. The summed E-state index contributed by atoms with van der Waals surface area (Å²) in [5, 5.41) is 12.1. The van der Waals surface area contributed by atoms with E-state index in [0.29, 0.717) is 22.3 Å². The highest BCUT2D eigenvalue weighted by molar-refractivity contribution is 5.96. The van der Waals surface area contributed by atoms with Crippen molar-refractivity contribution in [2.24, 2.45) is 0 Å². The minimum absolute atomic E-state index is 0.151. The van der Waals surface area contributed by atoms with E-state index in [1.54, 1.807) is 37.3 Å². The lowest BCUT2D eigenvalue weighted by Gasteiger charge is -2.40. The quantitative estimate of drug-likeness (QED) is 0.697. The van der Waals surface area contributed by atoms with E-state index in [0.717, 1.165) is 0 Å². The second-order valence-electron chi connectivity index (χ2n) is 8.81. The van der Waals surface area contributed by atoms with Crippen LogP contribution >= 0.6 is 0 Å². The first-order valence-electron chi connectivity index (χ1n) is 10.3. The molecule has 1 aromatic carbocycles. The Morgan fingerprint density at radius 1 is 1.19 bits per heavy atom. The monoisotopic (exact) mass is 429 g/mol. The number of halogens is 3. The largest absolute Gasteiger partial charge is 0.351 e. The van der Waals surface area contributed by atoms with Gasteiger partial charge in [-0.1, -0.05) is 12.1 Å². The van der Waals surface area contributed by atoms with Crippen molar-refractivity contribution in [2.75, 3.05) is 6.54 Å². The summed E-state index contributed by atoms with van der Waals surface area (Å²) in [5.74, 6) is -3.10. The van der Waals surface area contributed by atoms with Gasteiger partial charge >= 0.3 is 0 Å². The molecule has 2 aromatic rings. The molecule has 0 saturated heterocycles. The molecular formula is C24H26F3N3O. The molecule has 3 rings (SSSR count). The molecule has 0 bridgehead atoms. The van der Waals surface area contributed by atoms with E-state index in [9.17, 15) is 23.2 Å². The third-order valence-electron chi connectivity index (χ3n) is 6.21. The molecule has 1 aliphatic carbocycles. The van der Waals surface area contributed by atoms with Gasteiger partial charge in [0.2, 0.25) is 5.92 Å². The lowest BCUT2D eigenvalue weighted by Crippen LogP contribution is -2.45. The molecule has 1 N–H and O–H groups in total. The molecule has 0 unspecified atom stereocenters. The first kappa shape index (κ1) is 22.8. The molecule has 0 spiro atoms. The van der Waals surface area contributed by atoms with Crippen molar-refractivity contribution in [3.8, 4) is 6.07 Å². The van der Waals surface area contributed by atoms with E-state index in [1.807, 2.05) is 0 Å². The highest BCUT2D eigenvalue weighted by Gasteiger charge is 2.44. The van der Waals surface area contributed by atoms with Crippen LogP contribution in [0, 0.1) is 18.3 Å². The number of nitrogens with one attached hydrogen (secondary N) is 1. The zero-order chi connectivity index (χ0) is 22.9. The minimum atomic E-state index is -2.74. The lowest BCUT2D eigenvalue weighted by atomic mass is 9.68. The summed E-state index contributed by atoms with van der Waals surface area (Å²) in [6.07, 6.45) is 1.31. The van der Waals surface area contributed by atoms with Gasteiger partial charge in [0, 0.05) is 36.6 Å². The number of alkyl halides is 3. The zero-order valence-electron chi connectivity index (χ0n) is 17.9. The summed E-state index contributed by atoms with van der Waals surface area (Å²) in [4.78, 5) is 17.0. The number of carbonyl (C=O) groups is 1. The van der Waals surface area contributed by atoms with Crippen molar-refractivity contribution in [3.63, 3.8) is 0 Å². The number of nitriles is 1. The topological polar surface area (TPSA) is 65.8 Å². The smallest absolute Gasteiger partial charge is 0.251 e. The highest BCUT2D eigenvalue weighted by Crippen LogP contribution is 2.45. The summed E-state index contributed by atoms with van der Waals surface area (Å²) in [7, 11) is 0. The molecule has 31 heavy (non-hydrogen) atoms. The first-order chi connectivity index (χ1) is 14.5. The maximum atomic E-state index is 14.2. The van der Waals surface area contributed by atoms with E-state index in [4.69, 9.17) is 0 Å². The van der Waals surface area contributed by atoms with Crippen LogP contribution in [-0.2, 0) is 11.1 Å². The Bertz CT molecular complexity index is 994. The van der Waals surface area contributed by atoms with Crippen molar-refractivity contribution in [1.29, 1.82) is 5.26 Å². The maximum absolute atomic E-state index is 14.2. The Labute approximate surface area is 180 Å². The van der Waals surface area contributed by atoms with E-state index >= 15 is 0 Å². The normalized spacial score (nSPS) is 17.6. The van der Waals surface area contributed by atoms with Crippen LogP contribution < -0.4 is 5.32 Å². The molecule has 1 aliphatic rings. The minimum Gasteiger partial charge on any atom is -0.351 e. The number of benzene rings is 1. The number of nitrogens with zero attached hydrogens (tertiary/aromatic N) is 2. The van der Waals surface area contributed by atoms with Crippen LogP contribution in [0.3, 0.4) is 0 Å². The van der Waals surface area contributed by atoms with E-state index in [1.165, 1.54) is 20.0 Å². The molecule has 4 nitrogen and oxygen atoms in total. The molecule has 164 valence electrons. The van der Waals surface area contributed by atoms with Gasteiger partial charge < -0.3 is 5.32 Å².